The summed E-state index contributed by atoms with van der Waals surface area (Å²) in [7, 11) is -3.96. The first-order chi connectivity index (χ1) is 7.30. The highest BCUT2D eigenvalue weighted by Gasteiger charge is 2.11. The second kappa shape index (κ2) is 4.79. The molecule has 1 aromatic rings. The van der Waals surface area contributed by atoms with Crippen LogP contribution >= 0.6 is 15.9 Å². The maximum atomic E-state index is 12.8. The van der Waals surface area contributed by atoms with E-state index in [-0.39, 0.29) is 10.2 Å². The van der Waals surface area contributed by atoms with Gasteiger partial charge in [-0.1, -0.05) is 0 Å². The van der Waals surface area contributed by atoms with Crippen LogP contribution in [0.2, 0.25) is 0 Å². The molecule has 0 fully saturated rings. The average molecular weight is 311 g/mol. The molecule has 8 heteroatoms. The van der Waals surface area contributed by atoms with Gasteiger partial charge in [0.2, 0.25) is 5.91 Å². The van der Waals surface area contributed by atoms with E-state index in [9.17, 15) is 17.6 Å². The molecule has 1 aromatic carbocycles. The van der Waals surface area contributed by atoms with Crippen molar-refractivity contribution in [2.24, 2.45) is 0 Å². The molecule has 0 bridgehead atoms. The number of halogens is 2. The predicted octanol–water partition coefficient (Wildman–Crippen LogP) is 1.38. The molecule has 88 valence electrons. The van der Waals surface area contributed by atoms with Crippen molar-refractivity contribution in [2.75, 3.05) is 4.72 Å². The Morgan fingerprint density at radius 2 is 2.06 bits per heavy atom. The number of carbonyl (C=O) groups excluding carboxylic acids is 1. The van der Waals surface area contributed by atoms with Gasteiger partial charge in [-0.3, -0.25) is 9.52 Å². The lowest BCUT2D eigenvalue weighted by atomic mass is 10.3. The van der Waals surface area contributed by atoms with Crippen molar-refractivity contribution in [3.8, 4) is 0 Å². The van der Waals surface area contributed by atoms with Crippen LogP contribution in [-0.2, 0) is 15.0 Å². The zero-order chi connectivity index (χ0) is 12.3. The maximum absolute atomic E-state index is 12.8. The van der Waals surface area contributed by atoms with E-state index in [0.717, 1.165) is 13.0 Å². The van der Waals surface area contributed by atoms with Gasteiger partial charge in [-0.15, -0.1) is 0 Å². The second-order valence-electron chi connectivity index (χ2n) is 2.89. The van der Waals surface area contributed by atoms with E-state index >= 15 is 0 Å². The SMILES string of the molecule is CC(=O)NS(=O)(=O)Nc1ccc(F)c(Br)c1. The summed E-state index contributed by atoms with van der Waals surface area (Å²) >= 11 is 2.91. The summed E-state index contributed by atoms with van der Waals surface area (Å²) in [5.74, 6) is -1.23. The van der Waals surface area contributed by atoms with Crippen LogP contribution < -0.4 is 9.44 Å². The quantitative estimate of drug-likeness (QED) is 0.885. The molecule has 5 nitrogen and oxygen atoms in total. The largest absolute Gasteiger partial charge is 0.323 e. The van der Waals surface area contributed by atoms with Crippen LogP contribution in [0.1, 0.15) is 6.92 Å². The fourth-order valence-electron chi connectivity index (χ4n) is 0.930. The summed E-state index contributed by atoms with van der Waals surface area (Å²) in [4.78, 5) is 10.6. The standard InChI is InChI=1S/C8H8BrFN2O3S/c1-5(13)11-16(14,15)12-6-2-3-8(10)7(9)4-6/h2-4,12H,1H3,(H,11,13). The van der Waals surface area contributed by atoms with E-state index in [1.807, 2.05) is 0 Å². The second-order valence-corrected chi connectivity index (χ2v) is 5.16. The molecular formula is C8H8BrFN2O3S. The van der Waals surface area contributed by atoms with Gasteiger partial charge < -0.3 is 0 Å². The Kier molecular flexibility index (Phi) is 3.87. The normalized spacial score (nSPS) is 10.9. The Morgan fingerprint density at radius 1 is 1.44 bits per heavy atom. The third-order valence-corrected chi connectivity index (χ3v) is 3.12. The number of anilines is 1. The highest BCUT2D eigenvalue weighted by Crippen LogP contribution is 2.20. The molecule has 0 atom stereocenters. The van der Waals surface area contributed by atoms with Gasteiger partial charge in [0.1, 0.15) is 5.82 Å². The monoisotopic (exact) mass is 310 g/mol. The Morgan fingerprint density at radius 3 is 2.56 bits per heavy atom. The topological polar surface area (TPSA) is 75.3 Å². The third kappa shape index (κ3) is 3.78. The molecule has 2 N–H and O–H groups in total. The molecule has 1 rings (SSSR count). The first-order valence-electron chi connectivity index (χ1n) is 4.06. The van der Waals surface area contributed by atoms with E-state index in [1.165, 1.54) is 12.1 Å². The van der Waals surface area contributed by atoms with Gasteiger partial charge in [0.15, 0.2) is 0 Å². The smallest absolute Gasteiger partial charge is 0.274 e. The molecule has 0 aromatic heterocycles. The predicted molar refractivity (Wildman–Crippen MR) is 60.5 cm³/mol. The molecule has 0 aliphatic rings. The number of rotatable bonds is 3. The van der Waals surface area contributed by atoms with Crippen molar-refractivity contribution in [2.45, 2.75) is 6.92 Å². The Hall–Kier alpha value is -1.15. The summed E-state index contributed by atoms with van der Waals surface area (Å²) < 4.78 is 39.3. The van der Waals surface area contributed by atoms with Crippen LogP contribution in [0.25, 0.3) is 0 Å². The number of hydrogen-bond donors (Lipinski definition) is 2. The van der Waals surface area contributed by atoms with Crippen molar-refractivity contribution in [1.29, 1.82) is 0 Å². The van der Waals surface area contributed by atoms with Crippen LogP contribution in [0.5, 0.6) is 0 Å². The van der Waals surface area contributed by atoms with Gasteiger partial charge in [-0.25, -0.2) is 9.11 Å². The van der Waals surface area contributed by atoms with Crippen LogP contribution in [0.4, 0.5) is 10.1 Å². The van der Waals surface area contributed by atoms with E-state index in [4.69, 9.17) is 0 Å². The molecule has 0 saturated heterocycles. The number of nitrogens with one attached hydrogen (secondary N) is 2. The Bertz CT molecular complexity index is 518. The first-order valence-corrected chi connectivity index (χ1v) is 6.34. The van der Waals surface area contributed by atoms with Crippen LogP contribution in [0.3, 0.4) is 0 Å². The van der Waals surface area contributed by atoms with E-state index in [1.54, 1.807) is 4.72 Å². The highest BCUT2D eigenvalue weighted by atomic mass is 79.9. The van der Waals surface area contributed by atoms with Gasteiger partial charge in [0.05, 0.1) is 10.2 Å². The summed E-state index contributed by atoms with van der Waals surface area (Å²) in [6.45, 7) is 1.07. The minimum absolute atomic E-state index is 0.121. The minimum Gasteiger partial charge on any atom is -0.274 e. The zero-order valence-corrected chi connectivity index (χ0v) is 10.5. The van der Waals surface area contributed by atoms with Crippen LogP contribution in [-0.4, -0.2) is 14.3 Å². The Labute approximate surface area is 100 Å². The van der Waals surface area contributed by atoms with Gasteiger partial charge in [-0.05, 0) is 34.1 Å². The lowest BCUT2D eigenvalue weighted by molar-refractivity contribution is -0.117. The zero-order valence-electron chi connectivity index (χ0n) is 8.12. The van der Waals surface area contributed by atoms with E-state index in [2.05, 4.69) is 20.7 Å². The molecule has 0 spiro atoms. The van der Waals surface area contributed by atoms with Crippen molar-refractivity contribution < 1.29 is 17.6 Å². The summed E-state index contributed by atoms with van der Waals surface area (Å²) in [6.07, 6.45) is 0. The highest BCUT2D eigenvalue weighted by molar-refractivity contribution is 9.10. The van der Waals surface area contributed by atoms with Crippen LogP contribution in [0.15, 0.2) is 22.7 Å². The summed E-state index contributed by atoms with van der Waals surface area (Å²) in [6, 6.07) is 3.57. The number of benzene rings is 1. The number of amides is 1. The van der Waals surface area contributed by atoms with Crippen molar-refractivity contribution in [3.05, 3.63) is 28.5 Å². The minimum atomic E-state index is -3.96. The van der Waals surface area contributed by atoms with E-state index < -0.39 is 21.9 Å². The molecule has 0 unspecified atom stereocenters. The van der Waals surface area contributed by atoms with Gasteiger partial charge in [0.25, 0.3) is 0 Å². The lowest BCUT2D eigenvalue weighted by Crippen LogP contribution is -2.33. The molecule has 0 heterocycles. The van der Waals surface area contributed by atoms with E-state index in [0.29, 0.717) is 0 Å². The van der Waals surface area contributed by atoms with Crippen LogP contribution in [0, 0.1) is 5.82 Å². The van der Waals surface area contributed by atoms with Crippen molar-refractivity contribution in [3.63, 3.8) is 0 Å². The van der Waals surface area contributed by atoms with Gasteiger partial charge in [-0.2, -0.15) is 8.42 Å². The van der Waals surface area contributed by atoms with Gasteiger partial charge in [0, 0.05) is 6.92 Å². The van der Waals surface area contributed by atoms with Gasteiger partial charge >= 0.3 is 10.2 Å². The fraction of sp³-hybridized carbons (Fsp3) is 0.125. The molecular weight excluding hydrogens is 303 g/mol. The molecule has 0 saturated carbocycles. The summed E-state index contributed by atoms with van der Waals surface area (Å²) in [5, 5.41) is 0. The maximum Gasteiger partial charge on any atom is 0.323 e. The average Bonchev–Trinajstić information content (AvgIpc) is 2.08. The molecule has 0 aliphatic heterocycles. The fourth-order valence-corrected chi connectivity index (χ4v) is 2.18. The lowest BCUT2D eigenvalue weighted by Gasteiger charge is -2.08. The first kappa shape index (κ1) is 12.9. The Balaban J connectivity index is 2.88. The molecule has 16 heavy (non-hydrogen) atoms. The van der Waals surface area contributed by atoms with Crippen molar-refractivity contribution >= 4 is 37.7 Å². The summed E-state index contributed by atoms with van der Waals surface area (Å²) in [5.41, 5.74) is 0.141. The number of carbonyl (C=O) groups is 1. The number of hydrogen-bond acceptors (Lipinski definition) is 3. The molecule has 0 aliphatic carbocycles. The van der Waals surface area contributed by atoms with Crippen molar-refractivity contribution in [1.82, 2.24) is 4.72 Å². The third-order valence-electron chi connectivity index (χ3n) is 1.45. The molecule has 1 amide bonds. The molecule has 0 radical (unpaired) electrons.